The third-order valence-electron chi connectivity index (χ3n) is 4.23. The zero-order valence-corrected chi connectivity index (χ0v) is 13.4. The van der Waals surface area contributed by atoms with Crippen LogP contribution in [0.25, 0.3) is 0 Å². The van der Waals surface area contributed by atoms with Crippen LogP contribution in [-0.2, 0) is 19.2 Å². The van der Waals surface area contributed by atoms with E-state index >= 15 is 0 Å². The molecule has 0 amide bonds. The molecule has 3 atom stereocenters. The van der Waals surface area contributed by atoms with Gasteiger partial charge in [0.15, 0.2) is 7.98 Å². The third kappa shape index (κ3) is 5.06. The van der Waals surface area contributed by atoms with Gasteiger partial charge in [-0.15, -0.1) is 12.3 Å². The highest BCUT2D eigenvalue weighted by molar-refractivity contribution is 6.06. The standard InChI is InChI=1S/C16H23BN2O4/c1-2-3-4-9-15(23-19-11-5-7-13(19)12-20)22-16(21)14-8-6-10-18(14)17/h1,12-15H,3-11H2/t13-,14-,15?/m0/s1. The number of esters is 1. The van der Waals surface area contributed by atoms with Gasteiger partial charge in [-0.1, -0.05) is 0 Å². The number of carbonyl (C=O) groups excluding carboxylic acids is 2. The molecule has 23 heavy (non-hydrogen) atoms. The van der Waals surface area contributed by atoms with Crippen LogP contribution in [0.4, 0.5) is 0 Å². The lowest BCUT2D eigenvalue weighted by Crippen LogP contribution is -2.41. The van der Waals surface area contributed by atoms with Gasteiger partial charge >= 0.3 is 5.97 Å². The zero-order valence-electron chi connectivity index (χ0n) is 13.4. The van der Waals surface area contributed by atoms with E-state index in [1.165, 1.54) is 4.81 Å². The van der Waals surface area contributed by atoms with Gasteiger partial charge in [0.1, 0.15) is 6.29 Å². The molecule has 0 aromatic carbocycles. The summed E-state index contributed by atoms with van der Waals surface area (Å²) in [5.74, 6) is 2.18. The summed E-state index contributed by atoms with van der Waals surface area (Å²) in [4.78, 5) is 30.6. The van der Waals surface area contributed by atoms with E-state index in [0.717, 1.165) is 25.5 Å². The van der Waals surface area contributed by atoms with E-state index in [-0.39, 0.29) is 12.0 Å². The summed E-state index contributed by atoms with van der Waals surface area (Å²) >= 11 is 0. The Bertz CT molecular complexity index is 454. The Morgan fingerprint density at radius 1 is 1.39 bits per heavy atom. The first-order valence-electron chi connectivity index (χ1n) is 8.19. The number of hydrogen-bond donors (Lipinski definition) is 0. The van der Waals surface area contributed by atoms with Gasteiger partial charge in [-0.2, -0.15) is 5.06 Å². The van der Waals surface area contributed by atoms with Gasteiger partial charge < -0.3 is 14.3 Å². The Balaban J connectivity index is 1.91. The fraction of sp³-hybridized carbons (Fsp3) is 0.750. The highest BCUT2D eigenvalue weighted by Gasteiger charge is 2.33. The quantitative estimate of drug-likeness (QED) is 0.165. The predicted octanol–water partition coefficient (Wildman–Crippen LogP) is 0.802. The number of rotatable bonds is 8. The summed E-state index contributed by atoms with van der Waals surface area (Å²) in [6.45, 7) is 1.33. The topological polar surface area (TPSA) is 59.1 Å². The molecule has 2 radical (unpaired) electrons. The summed E-state index contributed by atoms with van der Waals surface area (Å²) in [5.41, 5.74) is 0. The molecular weight excluding hydrogens is 295 g/mol. The van der Waals surface area contributed by atoms with Crippen LogP contribution in [-0.4, -0.2) is 61.6 Å². The summed E-state index contributed by atoms with van der Waals surface area (Å²) in [5, 5.41) is 1.61. The molecular formula is C16H23BN2O4. The second-order valence-corrected chi connectivity index (χ2v) is 5.95. The van der Waals surface area contributed by atoms with Crippen molar-refractivity contribution in [3.05, 3.63) is 0 Å². The van der Waals surface area contributed by atoms with Crippen molar-refractivity contribution in [3.63, 3.8) is 0 Å². The van der Waals surface area contributed by atoms with Crippen LogP contribution in [0.15, 0.2) is 0 Å². The Kier molecular flexibility index (Phi) is 7.09. The molecule has 0 N–H and O–H groups in total. The van der Waals surface area contributed by atoms with Crippen LogP contribution in [0.5, 0.6) is 0 Å². The second-order valence-electron chi connectivity index (χ2n) is 5.95. The summed E-state index contributed by atoms with van der Waals surface area (Å²) in [6, 6.07) is -0.699. The van der Waals surface area contributed by atoms with Gasteiger partial charge in [0.2, 0.25) is 6.29 Å². The fourth-order valence-corrected chi connectivity index (χ4v) is 2.94. The SMILES string of the molecule is [B]N1CCC[C@H]1C(=O)OC(CCCC#C)ON1CCC[C@H]1C=O. The number of hydroxylamine groups is 2. The summed E-state index contributed by atoms with van der Waals surface area (Å²) in [6.07, 6.45) is 10.4. The minimum absolute atomic E-state index is 0.277. The minimum Gasteiger partial charge on any atom is -0.433 e. The summed E-state index contributed by atoms with van der Waals surface area (Å²) < 4.78 is 5.50. The van der Waals surface area contributed by atoms with Crippen LogP contribution < -0.4 is 0 Å². The Labute approximate surface area is 138 Å². The van der Waals surface area contributed by atoms with Gasteiger partial charge in [0.05, 0.1) is 12.1 Å². The van der Waals surface area contributed by atoms with Crippen molar-refractivity contribution in [2.75, 3.05) is 13.1 Å². The predicted molar refractivity (Wildman–Crippen MR) is 84.9 cm³/mol. The van der Waals surface area contributed by atoms with Crippen molar-refractivity contribution >= 4 is 20.2 Å². The number of ether oxygens (including phenoxy) is 1. The average Bonchev–Trinajstić information content (AvgIpc) is 3.15. The molecule has 0 saturated carbocycles. The van der Waals surface area contributed by atoms with E-state index in [2.05, 4.69) is 5.92 Å². The maximum Gasteiger partial charge on any atom is 0.324 e. The van der Waals surface area contributed by atoms with E-state index in [0.29, 0.717) is 38.8 Å². The van der Waals surface area contributed by atoms with E-state index < -0.39 is 12.3 Å². The molecule has 2 rings (SSSR count). The maximum atomic E-state index is 12.3. The molecule has 0 aliphatic carbocycles. The first-order chi connectivity index (χ1) is 11.2. The normalized spacial score (nSPS) is 26.7. The van der Waals surface area contributed by atoms with Gasteiger partial charge in [-0.25, -0.2) is 0 Å². The lowest BCUT2D eigenvalue weighted by molar-refractivity contribution is -0.276. The molecule has 2 fully saturated rings. The first kappa shape index (κ1) is 18.0. The van der Waals surface area contributed by atoms with E-state index in [1.54, 1.807) is 5.06 Å². The van der Waals surface area contributed by atoms with Gasteiger partial charge in [0, 0.05) is 19.4 Å². The molecule has 124 valence electrons. The molecule has 0 bridgehead atoms. The molecule has 6 nitrogen and oxygen atoms in total. The number of hydrogen-bond acceptors (Lipinski definition) is 6. The lowest BCUT2D eigenvalue weighted by atomic mass is 10.2. The Hall–Kier alpha value is -1.36. The molecule has 0 spiro atoms. The largest absolute Gasteiger partial charge is 0.433 e. The van der Waals surface area contributed by atoms with Crippen molar-refractivity contribution in [2.45, 2.75) is 63.3 Å². The van der Waals surface area contributed by atoms with E-state index in [4.69, 9.17) is 24.0 Å². The molecule has 0 aromatic rings. The maximum absolute atomic E-state index is 12.3. The molecule has 2 heterocycles. The van der Waals surface area contributed by atoms with Crippen LogP contribution >= 0.6 is 0 Å². The van der Waals surface area contributed by atoms with Crippen molar-refractivity contribution in [2.24, 2.45) is 0 Å². The van der Waals surface area contributed by atoms with Gasteiger partial charge in [0.25, 0.3) is 0 Å². The highest BCUT2D eigenvalue weighted by Crippen LogP contribution is 2.21. The number of aldehydes is 1. The highest BCUT2D eigenvalue weighted by atomic mass is 16.8. The minimum atomic E-state index is -0.731. The van der Waals surface area contributed by atoms with Crippen LogP contribution in [0.1, 0.15) is 44.9 Å². The molecule has 7 heteroatoms. The van der Waals surface area contributed by atoms with E-state index in [1.807, 2.05) is 0 Å². The molecule has 1 unspecified atom stereocenters. The monoisotopic (exact) mass is 318 g/mol. The lowest BCUT2D eigenvalue weighted by Gasteiger charge is -2.28. The van der Waals surface area contributed by atoms with Crippen LogP contribution in [0, 0.1) is 12.3 Å². The first-order valence-corrected chi connectivity index (χ1v) is 8.19. The van der Waals surface area contributed by atoms with Crippen molar-refractivity contribution in [1.82, 2.24) is 9.87 Å². The molecule has 0 aromatic heterocycles. The molecule has 2 saturated heterocycles. The van der Waals surface area contributed by atoms with Crippen molar-refractivity contribution in [3.8, 4) is 12.3 Å². The number of carbonyl (C=O) groups is 2. The zero-order chi connectivity index (χ0) is 16.7. The Morgan fingerprint density at radius 3 is 2.83 bits per heavy atom. The van der Waals surface area contributed by atoms with Gasteiger partial charge in [-0.05, 0) is 38.6 Å². The average molecular weight is 318 g/mol. The Morgan fingerprint density at radius 2 is 2.17 bits per heavy atom. The van der Waals surface area contributed by atoms with Gasteiger partial charge in [-0.3, -0.25) is 9.63 Å². The van der Waals surface area contributed by atoms with Crippen molar-refractivity contribution in [1.29, 1.82) is 0 Å². The molecule has 2 aliphatic heterocycles. The summed E-state index contributed by atoms with van der Waals surface area (Å²) in [7, 11) is 5.79. The smallest absolute Gasteiger partial charge is 0.324 e. The number of terminal acetylenes is 1. The second kappa shape index (κ2) is 9.07. The molecule has 2 aliphatic rings. The number of unbranched alkanes of at least 4 members (excludes halogenated alkanes) is 1. The third-order valence-corrected chi connectivity index (χ3v) is 4.23. The fourth-order valence-electron chi connectivity index (χ4n) is 2.94. The number of nitrogens with zero attached hydrogens (tertiary/aromatic N) is 2. The van der Waals surface area contributed by atoms with Crippen LogP contribution in [0.3, 0.4) is 0 Å². The van der Waals surface area contributed by atoms with Crippen molar-refractivity contribution < 1.29 is 19.2 Å². The van der Waals surface area contributed by atoms with Crippen LogP contribution in [0.2, 0.25) is 0 Å². The van der Waals surface area contributed by atoms with E-state index in [9.17, 15) is 9.59 Å².